The number of rotatable bonds is 9. The molecule has 3 rings (SSSR count). The molecule has 1 saturated heterocycles. The van der Waals surface area contributed by atoms with E-state index in [1.54, 1.807) is 24.3 Å². The topological polar surface area (TPSA) is 79.0 Å². The summed E-state index contributed by atoms with van der Waals surface area (Å²) in [6, 6.07) is 14.8. The van der Waals surface area contributed by atoms with Crippen molar-refractivity contribution in [1.29, 1.82) is 0 Å². The number of anilines is 1. The summed E-state index contributed by atoms with van der Waals surface area (Å²) in [5.74, 6) is 0.882. The summed E-state index contributed by atoms with van der Waals surface area (Å²) in [7, 11) is -2.70. The fourth-order valence-electron chi connectivity index (χ4n) is 3.37. The van der Waals surface area contributed by atoms with E-state index in [4.69, 9.17) is 4.74 Å². The number of carbonyl (C=O) groups excluding carboxylic acids is 1. The van der Waals surface area contributed by atoms with Gasteiger partial charge in [-0.15, -0.1) is 0 Å². The molecule has 0 unspecified atom stereocenters. The van der Waals surface area contributed by atoms with Crippen molar-refractivity contribution < 1.29 is 17.9 Å². The van der Waals surface area contributed by atoms with Crippen LogP contribution < -0.4 is 9.46 Å². The highest BCUT2D eigenvalue weighted by Crippen LogP contribution is 2.17. The molecule has 1 fully saturated rings. The average Bonchev–Trinajstić information content (AvgIpc) is 2.75. The number of hydrogen-bond acceptors (Lipinski definition) is 5. The molecule has 2 aromatic rings. The summed E-state index contributed by atoms with van der Waals surface area (Å²) < 4.78 is 29.4. The van der Waals surface area contributed by atoms with Crippen LogP contribution in [0.15, 0.2) is 48.5 Å². The molecule has 162 valence electrons. The minimum absolute atomic E-state index is 0.0266. The number of carbonyl (C=O) groups is 1. The molecule has 1 aliphatic rings. The van der Waals surface area contributed by atoms with Crippen molar-refractivity contribution in [2.75, 3.05) is 37.5 Å². The van der Waals surface area contributed by atoms with Crippen LogP contribution in [0.3, 0.4) is 0 Å². The molecule has 1 heterocycles. The first-order chi connectivity index (χ1) is 14.5. The Labute approximate surface area is 179 Å². The number of piperazine rings is 1. The number of thiol groups is 1. The van der Waals surface area contributed by atoms with Crippen molar-refractivity contribution in [1.82, 2.24) is 9.80 Å². The Morgan fingerprint density at radius 2 is 1.67 bits per heavy atom. The van der Waals surface area contributed by atoms with Gasteiger partial charge in [-0.3, -0.25) is 14.4 Å². The van der Waals surface area contributed by atoms with Crippen LogP contribution in [0.1, 0.15) is 35.7 Å². The quantitative estimate of drug-likeness (QED) is 0.472. The van der Waals surface area contributed by atoms with E-state index in [1.807, 2.05) is 17.0 Å². The van der Waals surface area contributed by atoms with Crippen molar-refractivity contribution in [2.24, 2.45) is 0 Å². The number of benzene rings is 2. The predicted molar refractivity (Wildman–Crippen MR) is 118 cm³/mol. The Hall–Kier alpha value is -2.58. The highest BCUT2D eigenvalue weighted by atomic mass is 32.2. The van der Waals surface area contributed by atoms with Crippen LogP contribution in [-0.2, 0) is 17.4 Å². The molecule has 0 radical (unpaired) electrons. The van der Waals surface area contributed by atoms with Gasteiger partial charge in [0.05, 0.1) is 6.61 Å². The van der Waals surface area contributed by atoms with Crippen molar-refractivity contribution in [3.8, 4) is 5.75 Å². The minimum atomic E-state index is -2.70. The number of nitrogens with zero attached hydrogens (tertiary/aromatic N) is 2. The van der Waals surface area contributed by atoms with Gasteiger partial charge in [0.2, 0.25) is 10.9 Å². The van der Waals surface area contributed by atoms with Crippen molar-refractivity contribution in [3.63, 3.8) is 0 Å². The summed E-state index contributed by atoms with van der Waals surface area (Å²) in [4.78, 5) is 16.9. The molecular formula is C22H29N3O4S. The van der Waals surface area contributed by atoms with Gasteiger partial charge in [0.15, 0.2) is 0 Å². The molecule has 0 aromatic heterocycles. The molecule has 2 aromatic carbocycles. The second kappa shape index (κ2) is 11.0. The van der Waals surface area contributed by atoms with E-state index >= 15 is 0 Å². The molecule has 8 heteroatoms. The fraction of sp³-hybridized carbons (Fsp3) is 0.409. The molecule has 30 heavy (non-hydrogen) atoms. The van der Waals surface area contributed by atoms with Crippen LogP contribution >= 0.6 is 0 Å². The monoisotopic (exact) mass is 431 g/mol. The predicted octanol–water partition coefficient (Wildman–Crippen LogP) is 2.76. The zero-order chi connectivity index (χ0) is 21.3. The van der Waals surface area contributed by atoms with Crippen LogP contribution in [0.2, 0.25) is 0 Å². The Balaban J connectivity index is 1.46. The minimum Gasteiger partial charge on any atom is -0.494 e. The van der Waals surface area contributed by atoms with Gasteiger partial charge in [0, 0.05) is 44.0 Å². The number of hydrogen-bond donors (Lipinski definition) is 2. The van der Waals surface area contributed by atoms with E-state index in [0.29, 0.717) is 24.3 Å². The highest BCUT2D eigenvalue weighted by molar-refractivity contribution is 7.73. The van der Waals surface area contributed by atoms with Crippen LogP contribution in [0.25, 0.3) is 0 Å². The lowest BCUT2D eigenvalue weighted by atomic mass is 10.1. The number of amides is 1. The van der Waals surface area contributed by atoms with Crippen LogP contribution in [-0.4, -0.2) is 56.9 Å². The van der Waals surface area contributed by atoms with Crippen molar-refractivity contribution >= 4 is 22.5 Å². The van der Waals surface area contributed by atoms with E-state index in [0.717, 1.165) is 44.8 Å². The van der Waals surface area contributed by atoms with Gasteiger partial charge in [-0.25, -0.2) is 8.42 Å². The third-order valence-electron chi connectivity index (χ3n) is 5.11. The van der Waals surface area contributed by atoms with E-state index in [-0.39, 0.29) is 5.91 Å². The average molecular weight is 432 g/mol. The summed E-state index contributed by atoms with van der Waals surface area (Å²) in [6.07, 6.45) is 2.19. The zero-order valence-electron chi connectivity index (χ0n) is 17.3. The highest BCUT2D eigenvalue weighted by Gasteiger charge is 2.22. The lowest BCUT2D eigenvalue weighted by Gasteiger charge is -2.34. The standard InChI is InChI=1S/C22H29N3O4S/c1-2-3-16-29-21-10-4-18(5-11-21)17-24-12-14-25(15-13-24)22(26)19-6-8-20(9-7-19)23-30(27)28/h4-11,30H,2-3,12-17H2,1H3,(H,23,27,28). The Bertz CT molecular complexity index is 882. The molecule has 0 bridgehead atoms. The summed E-state index contributed by atoms with van der Waals surface area (Å²) in [5.41, 5.74) is 2.25. The second-order valence-electron chi connectivity index (χ2n) is 7.36. The van der Waals surface area contributed by atoms with Gasteiger partial charge in [-0.05, 0) is 48.4 Å². The molecule has 0 atom stereocenters. The van der Waals surface area contributed by atoms with Gasteiger partial charge >= 0.3 is 0 Å². The third kappa shape index (κ3) is 6.47. The smallest absolute Gasteiger partial charge is 0.253 e. The second-order valence-corrected chi connectivity index (χ2v) is 8.10. The van der Waals surface area contributed by atoms with Gasteiger partial charge in [-0.1, -0.05) is 25.5 Å². The zero-order valence-corrected chi connectivity index (χ0v) is 18.1. The van der Waals surface area contributed by atoms with Crippen LogP contribution in [0, 0.1) is 0 Å². The summed E-state index contributed by atoms with van der Waals surface area (Å²) >= 11 is 0. The van der Waals surface area contributed by atoms with Gasteiger partial charge in [-0.2, -0.15) is 0 Å². The first kappa shape index (κ1) is 22.1. The van der Waals surface area contributed by atoms with Crippen molar-refractivity contribution in [2.45, 2.75) is 26.3 Å². The molecule has 0 spiro atoms. The Morgan fingerprint density at radius 1 is 1.00 bits per heavy atom. The van der Waals surface area contributed by atoms with E-state index in [1.165, 1.54) is 5.56 Å². The van der Waals surface area contributed by atoms with Gasteiger partial charge < -0.3 is 9.64 Å². The van der Waals surface area contributed by atoms with Gasteiger partial charge in [0.1, 0.15) is 5.75 Å². The Kier molecular flexibility index (Phi) is 8.10. The fourth-order valence-corrected chi connectivity index (χ4v) is 3.73. The van der Waals surface area contributed by atoms with E-state index < -0.39 is 10.9 Å². The molecule has 1 N–H and O–H groups in total. The third-order valence-corrected chi connectivity index (χ3v) is 5.55. The lowest BCUT2D eigenvalue weighted by molar-refractivity contribution is 0.0628. The summed E-state index contributed by atoms with van der Waals surface area (Å²) in [5, 5.41) is 0. The molecule has 0 saturated carbocycles. The van der Waals surface area contributed by atoms with Crippen LogP contribution in [0.4, 0.5) is 5.69 Å². The van der Waals surface area contributed by atoms with Gasteiger partial charge in [0.25, 0.3) is 5.91 Å². The van der Waals surface area contributed by atoms with Crippen molar-refractivity contribution in [3.05, 3.63) is 59.7 Å². The molecular weight excluding hydrogens is 402 g/mol. The first-order valence-corrected chi connectivity index (χ1v) is 11.5. The molecule has 1 amide bonds. The molecule has 7 nitrogen and oxygen atoms in total. The van der Waals surface area contributed by atoms with E-state index in [2.05, 4.69) is 28.7 Å². The maximum absolute atomic E-state index is 12.7. The largest absolute Gasteiger partial charge is 0.494 e. The number of ether oxygens (including phenoxy) is 1. The number of nitrogens with one attached hydrogen (secondary N) is 1. The maximum Gasteiger partial charge on any atom is 0.253 e. The molecule has 0 aliphatic carbocycles. The maximum atomic E-state index is 12.7. The number of unbranched alkanes of at least 4 members (excludes halogenated alkanes) is 1. The molecule has 1 aliphatic heterocycles. The Morgan fingerprint density at radius 3 is 2.27 bits per heavy atom. The van der Waals surface area contributed by atoms with E-state index in [9.17, 15) is 13.2 Å². The SMILES string of the molecule is CCCCOc1ccc(CN2CCN(C(=O)c3ccc(N[SH](=O)=O)cc3)CC2)cc1. The summed E-state index contributed by atoms with van der Waals surface area (Å²) in [6.45, 7) is 6.73. The first-order valence-electron chi connectivity index (χ1n) is 10.3. The van der Waals surface area contributed by atoms with Crippen LogP contribution in [0.5, 0.6) is 5.75 Å². The lowest BCUT2D eigenvalue weighted by Crippen LogP contribution is -2.48. The normalized spacial score (nSPS) is 14.7.